The molecule has 1 aromatic heterocycles. The average Bonchev–Trinajstić information content (AvgIpc) is 3.10. The first-order valence-corrected chi connectivity index (χ1v) is 8.02. The van der Waals surface area contributed by atoms with Crippen LogP contribution in [0.3, 0.4) is 0 Å². The summed E-state index contributed by atoms with van der Waals surface area (Å²) in [5, 5.41) is 6.40. The molecule has 24 heavy (non-hydrogen) atoms. The second-order valence-corrected chi connectivity index (χ2v) is 5.22. The van der Waals surface area contributed by atoms with E-state index in [-0.39, 0.29) is 5.82 Å². The standard InChI is InChI=1S/C17H24FN5O/c1-3-20-17(21-7-4-10-24-2)22-12-14-5-6-16(15(18)11-14)23-9-8-19-13-23/h5-6,8-9,11,13H,3-4,7,10,12H2,1-2H3,(H2,20,21,22). The molecule has 2 N–H and O–H groups in total. The van der Waals surface area contributed by atoms with Gasteiger partial charge in [-0.2, -0.15) is 0 Å². The predicted molar refractivity (Wildman–Crippen MR) is 92.8 cm³/mol. The van der Waals surface area contributed by atoms with E-state index >= 15 is 0 Å². The van der Waals surface area contributed by atoms with E-state index in [9.17, 15) is 4.39 Å². The van der Waals surface area contributed by atoms with Crippen molar-refractivity contribution in [3.8, 4) is 5.69 Å². The number of aliphatic imine (C=N–C) groups is 1. The number of benzene rings is 1. The van der Waals surface area contributed by atoms with Crippen molar-refractivity contribution in [2.75, 3.05) is 26.8 Å². The van der Waals surface area contributed by atoms with Gasteiger partial charge in [-0.1, -0.05) is 6.07 Å². The smallest absolute Gasteiger partial charge is 0.191 e. The van der Waals surface area contributed by atoms with Gasteiger partial charge in [-0.3, -0.25) is 0 Å². The summed E-state index contributed by atoms with van der Waals surface area (Å²) in [6.07, 6.45) is 5.80. The predicted octanol–water partition coefficient (Wildman–Crippen LogP) is 2.10. The number of guanidine groups is 1. The molecule has 0 atom stereocenters. The number of hydrogen-bond donors (Lipinski definition) is 2. The van der Waals surface area contributed by atoms with Crippen LogP contribution >= 0.6 is 0 Å². The Bertz CT molecular complexity index is 642. The highest BCUT2D eigenvalue weighted by Crippen LogP contribution is 2.15. The molecule has 1 aromatic carbocycles. The molecular formula is C17H24FN5O. The van der Waals surface area contributed by atoms with Crippen molar-refractivity contribution in [1.82, 2.24) is 20.2 Å². The monoisotopic (exact) mass is 333 g/mol. The van der Waals surface area contributed by atoms with Gasteiger partial charge in [0.25, 0.3) is 0 Å². The Kier molecular flexibility index (Phi) is 7.22. The zero-order chi connectivity index (χ0) is 17.2. The summed E-state index contributed by atoms with van der Waals surface area (Å²) in [5.74, 6) is 0.423. The van der Waals surface area contributed by atoms with Crippen LogP contribution in [0, 0.1) is 5.82 Å². The maximum atomic E-state index is 14.2. The number of nitrogens with one attached hydrogen (secondary N) is 2. The molecule has 0 amide bonds. The van der Waals surface area contributed by atoms with Gasteiger partial charge in [0.15, 0.2) is 5.96 Å². The second kappa shape index (κ2) is 9.67. The second-order valence-electron chi connectivity index (χ2n) is 5.22. The molecule has 0 radical (unpaired) electrons. The van der Waals surface area contributed by atoms with Crippen molar-refractivity contribution < 1.29 is 9.13 Å². The molecule has 130 valence electrons. The largest absolute Gasteiger partial charge is 0.385 e. The van der Waals surface area contributed by atoms with Crippen molar-refractivity contribution >= 4 is 5.96 Å². The first-order valence-electron chi connectivity index (χ1n) is 8.02. The van der Waals surface area contributed by atoms with Crippen LogP contribution in [0.25, 0.3) is 5.69 Å². The maximum Gasteiger partial charge on any atom is 0.191 e. The van der Waals surface area contributed by atoms with E-state index in [1.807, 2.05) is 13.0 Å². The van der Waals surface area contributed by atoms with Gasteiger partial charge in [0.05, 0.1) is 18.6 Å². The number of aromatic nitrogens is 2. The summed E-state index contributed by atoms with van der Waals surface area (Å²) in [7, 11) is 1.68. The molecule has 0 saturated heterocycles. The molecule has 0 aliphatic heterocycles. The number of imidazole rings is 1. The summed E-state index contributed by atoms with van der Waals surface area (Å²) in [5.41, 5.74) is 1.29. The molecule has 1 heterocycles. The van der Waals surface area contributed by atoms with Gasteiger partial charge in [0.2, 0.25) is 0 Å². The molecule has 0 saturated carbocycles. The molecule has 0 spiro atoms. The Hall–Kier alpha value is -2.41. The number of rotatable bonds is 8. The zero-order valence-corrected chi connectivity index (χ0v) is 14.1. The highest BCUT2D eigenvalue weighted by molar-refractivity contribution is 5.79. The molecule has 7 heteroatoms. The van der Waals surface area contributed by atoms with Crippen molar-refractivity contribution in [3.05, 3.63) is 48.3 Å². The lowest BCUT2D eigenvalue weighted by molar-refractivity contribution is 0.195. The zero-order valence-electron chi connectivity index (χ0n) is 14.1. The van der Waals surface area contributed by atoms with E-state index in [1.165, 1.54) is 6.07 Å². The molecule has 6 nitrogen and oxygen atoms in total. The van der Waals surface area contributed by atoms with Crippen LogP contribution in [-0.4, -0.2) is 42.3 Å². The fourth-order valence-corrected chi connectivity index (χ4v) is 2.20. The maximum absolute atomic E-state index is 14.2. The van der Waals surface area contributed by atoms with E-state index in [2.05, 4.69) is 20.6 Å². The van der Waals surface area contributed by atoms with Gasteiger partial charge < -0.3 is 19.9 Å². The number of hydrogen-bond acceptors (Lipinski definition) is 3. The van der Waals surface area contributed by atoms with Crippen LogP contribution in [-0.2, 0) is 11.3 Å². The van der Waals surface area contributed by atoms with Crippen LogP contribution in [0.2, 0.25) is 0 Å². The molecule has 0 fully saturated rings. The molecule has 0 bridgehead atoms. The third kappa shape index (κ3) is 5.34. The van der Waals surface area contributed by atoms with Crippen LogP contribution in [0.4, 0.5) is 4.39 Å². The first kappa shape index (κ1) is 17.9. The van der Waals surface area contributed by atoms with Gasteiger partial charge in [0, 0.05) is 39.2 Å². The van der Waals surface area contributed by atoms with E-state index in [0.717, 1.165) is 25.1 Å². The van der Waals surface area contributed by atoms with Crippen LogP contribution in [0.15, 0.2) is 41.9 Å². The third-order valence-corrected chi connectivity index (χ3v) is 3.38. The Balaban J connectivity index is 1.98. The van der Waals surface area contributed by atoms with Crippen molar-refractivity contribution in [2.24, 2.45) is 4.99 Å². The number of methoxy groups -OCH3 is 1. The topological polar surface area (TPSA) is 63.5 Å². The minimum Gasteiger partial charge on any atom is -0.385 e. The molecule has 0 unspecified atom stereocenters. The number of ether oxygens (including phenoxy) is 1. The van der Waals surface area contributed by atoms with Crippen molar-refractivity contribution in [1.29, 1.82) is 0 Å². The summed E-state index contributed by atoms with van der Waals surface area (Å²) < 4.78 is 20.9. The summed E-state index contributed by atoms with van der Waals surface area (Å²) in [6.45, 7) is 4.65. The van der Waals surface area contributed by atoms with Gasteiger partial charge >= 0.3 is 0 Å². The molecule has 2 aromatic rings. The number of nitrogens with zero attached hydrogens (tertiary/aromatic N) is 3. The van der Waals surface area contributed by atoms with E-state index < -0.39 is 0 Å². The minimum atomic E-state index is -0.293. The van der Waals surface area contributed by atoms with Crippen molar-refractivity contribution in [3.63, 3.8) is 0 Å². The fourth-order valence-electron chi connectivity index (χ4n) is 2.20. The van der Waals surface area contributed by atoms with Crippen molar-refractivity contribution in [2.45, 2.75) is 19.9 Å². The lowest BCUT2D eigenvalue weighted by atomic mass is 10.2. The van der Waals surface area contributed by atoms with Crippen LogP contribution in [0.1, 0.15) is 18.9 Å². The van der Waals surface area contributed by atoms with Crippen LogP contribution in [0.5, 0.6) is 0 Å². The van der Waals surface area contributed by atoms with Gasteiger partial charge in [-0.15, -0.1) is 0 Å². The summed E-state index contributed by atoms with van der Waals surface area (Å²) >= 11 is 0. The Morgan fingerprint density at radius 2 is 2.25 bits per heavy atom. The van der Waals surface area contributed by atoms with E-state index in [1.54, 1.807) is 36.5 Å². The Morgan fingerprint density at radius 1 is 1.38 bits per heavy atom. The molecule has 0 aliphatic rings. The summed E-state index contributed by atoms with van der Waals surface area (Å²) in [4.78, 5) is 8.42. The van der Waals surface area contributed by atoms with Gasteiger partial charge in [0.1, 0.15) is 5.82 Å². The number of halogens is 1. The fraction of sp³-hybridized carbons (Fsp3) is 0.412. The SMILES string of the molecule is CCNC(=NCc1ccc(-n2ccnc2)c(F)c1)NCCCOC. The average molecular weight is 333 g/mol. The summed E-state index contributed by atoms with van der Waals surface area (Å²) in [6, 6.07) is 5.12. The minimum absolute atomic E-state index is 0.293. The van der Waals surface area contributed by atoms with Gasteiger partial charge in [-0.25, -0.2) is 14.4 Å². The van der Waals surface area contributed by atoms with Crippen LogP contribution < -0.4 is 10.6 Å². The molecular weight excluding hydrogens is 309 g/mol. The molecule has 0 aliphatic carbocycles. The molecule has 2 rings (SSSR count). The third-order valence-electron chi connectivity index (χ3n) is 3.38. The normalized spacial score (nSPS) is 11.5. The van der Waals surface area contributed by atoms with E-state index in [0.29, 0.717) is 24.8 Å². The highest BCUT2D eigenvalue weighted by atomic mass is 19.1. The van der Waals surface area contributed by atoms with Gasteiger partial charge in [-0.05, 0) is 31.0 Å². The first-order chi connectivity index (χ1) is 11.7. The lowest BCUT2D eigenvalue weighted by Gasteiger charge is -2.11. The Labute approximate surface area is 141 Å². The lowest BCUT2D eigenvalue weighted by Crippen LogP contribution is -2.38. The highest BCUT2D eigenvalue weighted by Gasteiger charge is 2.05. The van der Waals surface area contributed by atoms with E-state index in [4.69, 9.17) is 4.74 Å². The quantitative estimate of drug-likeness (QED) is 0.441. The Morgan fingerprint density at radius 3 is 2.92 bits per heavy atom.